The SMILES string of the molecule is COc1cc2nc(Nc3ccc(F)c(C=O)c3)nc(NCc3cccc([N+](=O)[O-])c3)c2cc1OC. The van der Waals surface area contributed by atoms with Crippen molar-refractivity contribution in [1.82, 2.24) is 9.97 Å². The van der Waals surface area contributed by atoms with Gasteiger partial charge in [0.2, 0.25) is 5.95 Å². The predicted octanol–water partition coefficient (Wildman–Crippen LogP) is 4.86. The smallest absolute Gasteiger partial charge is 0.269 e. The molecule has 1 aromatic heterocycles. The lowest BCUT2D eigenvalue weighted by molar-refractivity contribution is -0.384. The van der Waals surface area contributed by atoms with Crippen molar-refractivity contribution in [2.45, 2.75) is 6.54 Å². The van der Waals surface area contributed by atoms with Gasteiger partial charge in [0.1, 0.15) is 11.6 Å². The van der Waals surface area contributed by atoms with E-state index >= 15 is 0 Å². The van der Waals surface area contributed by atoms with Crippen LogP contribution in [0, 0.1) is 15.9 Å². The highest BCUT2D eigenvalue weighted by Crippen LogP contribution is 2.35. The van der Waals surface area contributed by atoms with Gasteiger partial charge in [-0.1, -0.05) is 12.1 Å². The standard InChI is InChI=1S/C24H20FN5O5/c1-34-21-10-18-20(11-22(21)35-2)28-24(27-16-6-7-19(25)15(9-16)13-31)29-23(18)26-12-14-4-3-5-17(8-14)30(32)33/h3-11,13H,12H2,1-2H3,(H2,26,27,28,29). The minimum Gasteiger partial charge on any atom is -0.493 e. The number of ether oxygens (including phenoxy) is 2. The summed E-state index contributed by atoms with van der Waals surface area (Å²) in [7, 11) is 3.01. The first kappa shape index (κ1) is 23.4. The number of halogens is 1. The van der Waals surface area contributed by atoms with Gasteiger partial charge < -0.3 is 20.1 Å². The maximum atomic E-state index is 13.7. The average molecular weight is 477 g/mol. The van der Waals surface area contributed by atoms with Crippen molar-refractivity contribution in [2.75, 3.05) is 24.9 Å². The molecule has 0 unspecified atom stereocenters. The fraction of sp³-hybridized carbons (Fsp3) is 0.125. The molecule has 35 heavy (non-hydrogen) atoms. The Labute approximate surface area is 198 Å². The van der Waals surface area contributed by atoms with E-state index in [2.05, 4.69) is 20.6 Å². The number of fused-ring (bicyclic) bond motifs is 1. The summed E-state index contributed by atoms with van der Waals surface area (Å²) in [6.07, 6.45) is 0.422. The highest BCUT2D eigenvalue weighted by Gasteiger charge is 2.15. The summed E-state index contributed by atoms with van der Waals surface area (Å²) in [6, 6.07) is 13.6. The molecule has 0 fully saturated rings. The number of aldehydes is 1. The molecule has 0 amide bonds. The lowest BCUT2D eigenvalue weighted by Gasteiger charge is -2.15. The molecule has 0 spiro atoms. The molecule has 3 aromatic carbocycles. The Kier molecular flexibility index (Phi) is 6.67. The van der Waals surface area contributed by atoms with Crippen molar-refractivity contribution in [3.8, 4) is 11.5 Å². The summed E-state index contributed by atoms with van der Waals surface area (Å²) in [5.41, 5.74) is 1.48. The van der Waals surface area contributed by atoms with Gasteiger partial charge in [0.05, 0.1) is 30.2 Å². The monoisotopic (exact) mass is 477 g/mol. The van der Waals surface area contributed by atoms with Crippen LogP contribution in [0.2, 0.25) is 0 Å². The molecule has 0 bridgehead atoms. The van der Waals surface area contributed by atoms with Gasteiger partial charge in [-0.05, 0) is 29.8 Å². The zero-order chi connectivity index (χ0) is 24.9. The highest BCUT2D eigenvalue weighted by molar-refractivity contribution is 5.93. The molecule has 0 aliphatic rings. The van der Waals surface area contributed by atoms with Gasteiger partial charge in [0.25, 0.3) is 5.69 Å². The van der Waals surface area contributed by atoms with Crippen molar-refractivity contribution in [2.24, 2.45) is 0 Å². The first-order chi connectivity index (χ1) is 16.9. The van der Waals surface area contributed by atoms with Crippen LogP contribution in [0.25, 0.3) is 10.9 Å². The molecule has 0 radical (unpaired) electrons. The average Bonchev–Trinajstić information content (AvgIpc) is 2.87. The molecule has 0 atom stereocenters. The Morgan fingerprint density at radius 1 is 1.06 bits per heavy atom. The van der Waals surface area contributed by atoms with Crippen LogP contribution >= 0.6 is 0 Å². The molecule has 0 aliphatic heterocycles. The third-order valence-corrected chi connectivity index (χ3v) is 5.16. The van der Waals surface area contributed by atoms with Crippen LogP contribution in [0.4, 0.5) is 27.5 Å². The molecule has 0 saturated heterocycles. The molecule has 1 heterocycles. The van der Waals surface area contributed by atoms with Crippen molar-refractivity contribution in [1.29, 1.82) is 0 Å². The number of nitro groups is 1. The number of nitro benzene ring substituents is 1. The van der Waals surface area contributed by atoms with Crippen LogP contribution in [0.5, 0.6) is 11.5 Å². The number of nitrogens with zero attached hydrogens (tertiary/aromatic N) is 3. The van der Waals surface area contributed by atoms with Crippen LogP contribution in [-0.2, 0) is 6.54 Å². The van der Waals surface area contributed by atoms with E-state index < -0.39 is 10.7 Å². The zero-order valence-corrected chi connectivity index (χ0v) is 18.7. The quantitative estimate of drug-likeness (QED) is 0.197. The van der Waals surface area contributed by atoms with Crippen molar-refractivity contribution < 1.29 is 23.6 Å². The van der Waals surface area contributed by atoms with Crippen LogP contribution in [-0.4, -0.2) is 35.4 Å². The summed E-state index contributed by atoms with van der Waals surface area (Å²) < 4.78 is 24.5. The molecule has 4 rings (SSSR count). The van der Waals surface area contributed by atoms with E-state index in [1.54, 1.807) is 24.3 Å². The van der Waals surface area contributed by atoms with Crippen molar-refractivity contribution in [3.63, 3.8) is 0 Å². The number of carbonyl (C=O) groups excluding carboxylic acids is 1. The minimum absolute atomic E-state index is 0.0205. The third kappa shape index (κ3) is 5.08. The number of anilines is 3. The van der Waals surface area contributed by atoms with Gasteiger partial charge in [-0.3, -0.25) is 14.9 Å². The van der Waals surface area contributed by atoms with Gasteiger partial charge in [-0.15, -0.1) is 0 Å². The highest BCUT2D eigenvalue weighted by atomic mass is 19.1. The molecule has 4 aromatic rings. The van der Waals surface area contributed by atoms with Gasteiger partial charge >= 0.3 is 0 Å². The number of nitrogens with one attached hydrogen (secondary N) is 2. The number of aromatic nitrogens is 2. The predicted molar refractivity (Wildman–Crippen MR) is 128 cm³/mol. The number of hydrogen-bond donors (Lipinski definition) is 2. The molecule has 2 N–H and O–H groups in total. The van der Waals surface area contributed by atoms with E-state index in [1.807, 2.05) is 0 Å². The van der Waals surface area contributed by atoms with Gasteiger partial charge in [0, 0.05) is 35.8 Å². The maximum Gasteiger partial charge on any atom is 0.269 e. The third-order valence-electron chi connectivity index (χ3n) is 5.16. The van der Waals surface area contributed by atoms with E-state index in [1.165, 1.54) is 44.6 Å². The number of benzene rings is 3. The van der Waals surface area contributed by atoms with Crippen LogP contribution in [0.1, 0.15) is 15.9 Å². The van der Waals surface area contributed by atoms with E-state index in [4.69, 9.17) is 9.47 Å². The first-order valence-electron chi connectivity index (χ1n) is 10.3. The Hall–Kier alpha value is -4.80. The fourth-order valence-corrected chi connectivity index (χ4v) is 3.45. The Morgan fingerprint density at radius 2 is 1.83 bits per heavy atom. The zero-order valence-electron chi connectivity index (χ0n) is 18.7. The second kappa shape index (κ2) is 10.00. The number of hydrogen-bond acceptors (Lipinski definition) is 9. The number of rotatable bonds is 9. The van der Waals surface area contributed by atoms with E-state index in [0.29, 0.717) is 45.8 Å². The summed E-state index contributed by atoms with van der Waals surface area (Å²) in [4.78, 5) is 30.8. The Bertz CT molecular complexity index is 1430. The summed E-state index contributed by atoms with van der Waals surface area (Å²) in [6.45, 7) is 0.243. The minimum atomic E-state index is -0.638. The normalized spacial score (nSPS) is 10.6. The summed E-state index contributed by atoms with van der Waals surface area (Å²) in [5.74, 6) is 0.884. The second-order valence-corrected chi connectivity index (χ2v) is 7.38. The van der Waals surface area contributed by atoms with Gasteiger partial charge in [0.15, 0.2) is 17.8 Å². The largest absolute Gasteiger partial charge is 0.493 e. The fourth-order valence-electron chi connectivity index (χ4n) is 3.45. The van der Waals surface area contributed by atoms with Gasteiger partial charge in [-0.2, -0.15) is 4.98 Å². The van der Waals surface area contributed by atoms with Crippen LogP contribution in [0.15, 0.2) is 54.6 Å². The molecular formula is C24H20FN5O5. The van der Waals surface area contributed by atoms with Crippen molar-refractivity contribution in [3.05, 3.63) is 81.7 Å². The van der Waals surface area contributed by atoms with E-state index in [-0.39, 0.29) is 23.7 Å². The number of non-ortho nitro benzene ring substituents is 1. The maximum absolute atomic E-state index is 13.7. The lowest BCUT2D eigenvalue weighted by atomic mass is 10.1. The molecule has 178 valence electrons. The summed E-state index contributed by atoms with van der Waals surface area (Å²) in [5, 5.41) is 17.9. The second-order valence-electron chi connectivity index (χ2n) is 7.38. The number of carbonyl (C=O) groups is 1. The van der Waals surface area contributed by atoms with Crippen LogP contribution < -0.4 is 20.1 Å². The van der Waals surface area contributed by atoms with Gasteiger partial charge in [-0.25, -0.2) is 9.37 Å². The van der Waals surface area contributed by atoms with Crippen molar-refractivity contribution >= 4 is 40.3 Å². The lowest BCUT2D eigenvalue weighted by Crippen LogP contribution is -2.07. The number of methoxy groups -OCH3 is 2. The molecule has 0 saturated carbocycles. The Morgan fingerprint density at radius 3 is 2.54 bits per heavy atom. The van der Waals surface area contributed by atoms with Crippen LogP contribution in [0.3, 0.4) is 0 Å². The Balaban J connectivity index is 1.75. The topological polar surface area (TPSA) is 129 Å². The molecule has 10 nitrogen and oxygen atoms in total. The van der Waals surface area contributed by atoms with E-state index in [9.17, 15) is 19.3 Å². The summed E-state index contributed by atoms with van der Waals surface area (Å²) >= 11 is 0. The van der Waals surface area contributed by atoms with E-state index in [0.717, 1.165) is 0 Å². The first-order valence-corrected chi connectivity index (χ1v) is 10.3. The molecule has 11 heteroatoms. The molecular weight excluding hydrogens is 457 g/mol. The molecule has 0 aliphatic carbocycles.